The van der Waals surface area contributed by atoms with Crippen molar-refractivity contribution in [3.8, 4) is 0 Å². The van der Waals surface area contributed by atoms with E-state index < -0.39 is 0 Å². The minimum atomic E-state index is 0.153. The summed E-state index contributed by atoms with van der Waals surface area (Å²) in [6.45, 7) is 5.85. The fraction of sp³-hybridized carbons (Fsp3) is 0.917. The van der Waals surface area contributed by atoms with Crippen molar-refractivity contribution >= 4 is 5.91 Å². The molecule has 0 aromatic carbocycles. The molecule has 0 bridgehead atoms. The van der Waals surface area contributed by atoms with Crippen molar-refractivity contribution in [2.75, 3.05) is 33.2 Å². The van der Waals surface area contributed by atoms with Gasteiger partial charge in [-0.05, 0) is 46.3 Å². The Morgan fingerprint density at radius 1 is 1.38 bits per heavy atom. The van der Waals surface area contributed by atoms with E-state index in [2.05, 4.69) is 22.6 Å². The van der Waals surface area contributed by atoms with Crippen LogP contribution >= 0.6 is 0 Å². The Hall–Kier alpha value is -0.610. The molecule has 16 heavy (non-hydrogen) atoms. The Labute approximate surface area is 98.8 Å². The van der Waals surface area contributed by atoms with Crippen LogP contribution in [0.3, 0.4) is 0 Å². The monoisotopic (exact) mass is 227 g/mol. The molecule has 1 heterocycles. The van der Waals surface area contributed by atoms with Gasteiger partial charge in [0.2, 0.25) is 5.91 Å². The van der Waals surface area contributed by atoms with E-state index in [4.69, 9.17) is 0 Å². The first-order chi connectivity index (χ1) is 7.72. The molecule has 0 saturated carbocycles. The highest BCUT2D eigenvalue weighted by Gasteiger charge is 2.14. The lowest BCUT2D eigenvalue weighted by atomic mass is 10.1. The van der Waals surface area contributed by atoms with Gasteiger partial charge in [-0.15, -0.1) is 0 Å². The van der Waals surface area contributed by atoms with Gasteiger partial charge in [-0.2, -0.15) is 0 Å². The van der Waals surface area contributed by atoms with Gasteiger partial charge in [-0.3, -0.25) is 4.79 Å². The first-order valence-electron chi connectivity index (χ1n) is 6.41. The third kappa shape index (κ3) is 5.47. The first-order valence-corrected chi connectivity index (χ1v) is 6.41. The van der Waals surface area contributed by atoms with Crippen molar-refractivity contribution in [1.82, 2.24) is 15.5 Å². The highest BCUT2D eigenvalue weighted by molar-refractivity contribution is 5.75. The minimum absolute atomic E-state index is 0.153. The molecule has 4 heteroatoms. The maximum atomic E-state index is 11.2. The normalized spacial score (nSPS) is 22.8. The zero-order valence-electron chi connectivity index (χ0n) is 10.6. The topological polar surface area (TPSA) is 44.4 Å². The van der Waals surface area contributed by atoms with Crippen LogP contribution in [0.2, 0.25) is 0 Å². The smallest absolute Gasteiger partial charge is 0.221 e. The molecule has 1 aliphatic rings. The average molecular weight is 227 g/mol. The zero-order chi connectivity index (χ0) is 11.8. The van der Waals surface area contributed by atoms with Crippen molar-refractivity contribution in [2.24, 2.45) is 0 Å². The van der Waals surface area contributed by atoms with Crippen LogP contribution in [-0.4, -0.2) is 50.1 Å². The zero-order valence-corrected chi connectivity index (χ0v) is 10.6. The number of amides is 1. The van der Waals surface area contributed by atoms with Crippen LogP contribution < -0.4 is 10.6 Å². The highest BCUT2D eigenvalue weighted by atomic mass is 16.1. The fourth-order valence-electron chi connectivity index (χ4n) is 2.12. The van der Waals surface area contributed by atoms with Crippen LogP contribution in [0, 0.1) is 0 Å². The Kier molecular flexibility index (Phi) is 6.42. The number of nitrogens with one attached hydrogen (secondary N) is 2. The average Bonchev–Trinajstić information content (AvgIpc) is 2.44. The highest BCUT2D eigenvalue weighted by Crippen LogP contribution is 2.09. The number of nitrogens with zero attached hydrogens (tertiary/aromatic N) is 1. The van der Waals surface area contributed by atoms with E-state index in [1.165, 1.54) is 32.4 Å². The Morgan fingerprint density at radius 2 is 2.19 bits per heavy atom. The lowest BCUT2D eigenvalue weighted by molar-refractivity contribution is -0.120. The summed E-state index contributed by atoms with van der Waals surface area (Å²) in [7, 11) is 2.18. The third-order valence-corrected chi connectivity index (χ3v) is 3.11. The summed E-state index contributed by atoms with van der Waals surface area (Å²) in [6, 6.07) is 0.597. The molecule has 0 aromatic heterocycles. The summed E-state index contributed by atoms with van der Waals surface area (Å²) in [6.07, 6.45) is 4.29. The summed E-state index contributed by atoms with van der Waals surface area (Å²) >= 11 is 0. The third-order valence-electron chi connectivity index (χ3n) is 3.11. The molecular weight excluding hydrogens is 202 g/mol. The predicted octanol–water partition coefficient (Wildman–Crippen LogP) is 0.587. The van der Waals surface area contributed by atoms with Crippen molar-refractivity contribution < 1.29 is 4.79 Å². The lowest BCUT2D eigenvalue weighted by Gasteiger charge is -2.16. The molecule has 0 aliphatic carbocycles. The molecule has 1 atom stereocenters. The molecular formula is C12H25N3O. The molecule has 1 unspecified atom stereocenters. The molecule has 1 amide bonds. The summed E-state index contributed by atoms with van der Waals surface area (Å²) in [4.78, 5) is 13.6. The second-order valence-corrected chi connectivity index (χ2v) is 4.59. The van der Waals surface area contributed by atoms with Crippen LogP contribution in [0.15, 0.2) is 0 Å². The van der Waals surface area contributed by atoms with E-state index in [1.807, 2.05) is 6.92 Å². The number of carbonyl (C=O) groups excluding carboxylic acids is 1. The van der Waals surface area contributed by atoms with Gasteiger partial charge < -0.3 is 15.5 Å². The molecule has 4 nitrogen and oxygen atoms in total. The number of hydrogen-bond acceptors (Lipinski definition) is 3. The molecule has 1 saturated heterocycles. The van der Waals surface area contributed by atoms with Crippen LogP contribution in [0.25, 0.3) is 0 Å². The van der Waals surface area contributed by atoms with Gasteiger partial charge in [0, 0.05) is 25.6 Å². The fourth-order valence-corrected chi connectivity index (χ4v) is 2.12. The van der Waals surface area contributed by atoms with E-state index in [-0.39, 0.29) is 5.91 Å². The molecule has 2 N–H and O–H groups in total. The van der Waals surface area contributed by atoms with Crippen LogP contribution in [0.4, 0.5) is 0 Å². The summed E-state index contributed by atoms with van der Waals surface area (Å²) in [5.41, 5.74) is 0. The Balaban J connectivity index is 2.10. The number of carbonyl (C=O) groups is 1. The second-order valence-electron chi connectivity index (χ2n) is 4.59. The van der Waals surface area contributed by atoms with Gasteiger partial charge in [0.05, 0.1) is 0 Å². The number of likely N-dealkylation sites (tertiary alicyclic amines) is 1. The van der Waals surface area contributed by atoms with Gasteiger partial charge in [-0.25, -0.2) is 0 Å². The van der Waals surface area contributed by atoms with Crippen LogP contribution in [-0.2, 0) is 4.79 Å². The largest absolute Gasteiger partial charge is 0.356 e. The van der Waals surface area contributed by atoms with E-state index in [9.17, 15) is 4.79 Å². The summed E-state index contributed by atoms with van der Waals surface area (Å²) in [5.74, 6) is 0.153. The molecule has 0 radical (unpaired) electrons. The number of hydrogen-bond donors (Lipinski definition) is 2. The SMILES string of the molecule is CCNC(=O)CCNC1CCCN(C)CC1. The van der Waals surface area contributed by atoms with Crippen molar-refractivity contribution in [2.45, 2.75) is 38.6 Å². The molecule has 1 rings (SSSR count). The van der Waals surface area contributed by atoms with E-state index >= 15 is 0 Å². The van der Waals surface area contributed by atoms with Crippen molar-refractivity contribution in [3.05, 3.63) is 0 Å². The Morgan fingerprint density at radius 3 is 2.94 bits per heavy atom. The first kappa shape index (κ1) is 13.5. The van der Waals surface area contributed by atoms with Gasteiger partial charge in [-0.1, -0.05) is 0 Å². The van der Waals surface area contributed by atoms with Gasteiger partial charge in [0.15, 0.2) is 0 Å². The van der Waals surface area contributed by atoms with Crippen LogP contribution in [0.5, 0.6) is 0 Å². The van der Waals surface area contributed by atoms with Gasteiger partial charge >= 0.3 is 0 Å². The van der Waals surface area contributed by atoms with E-state index in [1.54, 1.807) is 0 Å². The molecule has 1 aliphatic heterocycles. The van der Waals surface area contributed by atoms with Gasteiger partial charge in [0.1, 0.15) is 0 Å². The number of rotatable bonds is 5. The lowest BCUT2D eigenvalue weighted by Crippen LogP contribution is -2.34. The second kappa shape index (κ2) is 7.63. The maximum Gasteiger partial charge on any atom is 0.221 e. The van der Waals surface area contributed by atoms with Gasteiger partial charge in [0.25, 0.3) is 0 Å². The predicted molar refractivity (Wildman–Crippen MR) is 66.4 cm³/mol. The van der Waals surface area contributed by atoms with Crippen molar-refractivity contribution in [3.63, 3.8) is 0 Å². The molecule has 1 fully saturated rings. The molecule has 0 spiro atoms. The maximum absolute atomic E-state index is 11.2. The van der Waals surface area contributed by atoms with Crippen LogP contribution in [0.1, 0.15) is 32.6 Å². The quantitative estimate of drug-likeness (QED) is 0.722. The molecule has 94 valence electrons. The van der Waals surface area contributed by atoms with E-state index in [0.717, 1.165) is 13.1 Å². The molecule has 0 aromatic rings. The Bertz CT molecular complexity index is 208. The van der Waals surface area contributed by atoms with Crippen molar-refractivity contribution in [1.29, 1.82) is 0 Å². The minimum Gasteiger partial charge on any atom is -0.356 e. The van der Waals surface area contributed by atoms with E-state index in [0.29, 0.717) is 12.5 Å². The standard InChI is InChI=1S/C12H25N3O/c1-3-13-12(16)6-8-14-11-5-4-9-15(2)10-7-11/h11,14H,3-10H2,1-2H3,(H,13,16). The summed E-state index contributed by atoms with van der Waals surface area (Å²) < 4.78 is 0. The summed E-state index contributed by atoms with van der Waals surface area (Å²) in [5, 5.41) is 6.30.